The summed E-state index contributed by atoms with van der Waals surface area (Å²) in [6, 6.07) is 18.6. The van der Waals surface area contributed by atoms with E-state index in [0.29, 0.717) is 38.3 Å². The highest BCUT2D eigenvalue weighted by Gasteiger charge is 2.39. The lowest BCUT2D eigenvalue weighted by Gasteiger charge is -2.31. The molecule has 4 rings (SSSR count). The molecule has 2 fully saturated rings. The first-order valence-electron chi connectivity index (χ1n) is 12.0. The molecule has 6 heteroatoms. The molecule has 2 amide bonds. The summed E-state index contributed by atoms with van der Waals surface area (Å²) in [6.45, 7) is 5.35. The summed E-state index contributed by atoms with van der Waals surface area (Å²) < 4.78 is 14.4. The Bertz CT molecular complexity index is 938. The minimum absolute atomic E-state index is 0.0174. The van der Waals surface area contributed by atoms with E-state index in [2.05, 4.69) is 60.9 Å². The van der Waals surface area contributed by atoms with E-state index in [1.165, 1.54) is 5.56 Å². The van der Waals surface area contributed by atoms with Crippen molar-refractivity contribution >= 4 is 11.8 Å². The van der Waals surface area contributed by atoms with Crippen LogP contribution in [0.4, 0.5) is 4.39 Å². The molecule has 33 heavy (non-hydrogen) atoms. The average Bonchev–Trinajstić information content (AvgIpc) is 3.20. The monoisotopic (exact) mass is 451 g/mol. The third-order valence-electron chi connectivity index (χ3n) is 6.89. The lowest BCUT2D eigenvalue weighted by molar-refractivity contribution is -0.138. The quantitative estimate of drug-likeness (QED) is 0.670. The largest absolute Gasteiger partial charge is 0.355 e. The first-order valence-corrected chi connectivity index (χ1v) is 12.0. The predicted molar refractivity (Wildman–Crippen MR) is 128 cm³/mol. The number of hydrogen-bond donors (Lipinski definition) is 2. The highest BCUT2D eigenvalue weighted by molar-refractivity contribution is 5.84. The number of piperidine rings is 1. The van der Waals surface area contributed by atoms with Crippen LogP contribution >= 0.6 is 0 Å². The summed E-state index contributed by atoms with van der Waals surface area (Å²) in [5.74, 6) is 0.144. The molecule has 176 valence electrons. The van der Waals surface area contributed by atoms with E-state index in [-0.39, 0.29) is 36.4 Å². The number of hydrogen-bond acceptors (Lipinski definition) is 3. The highest BCUT2D eigenvalue weighted by atomic mass is 19.1. The van der Waals surface area contributed by atoms with Crippen LogP contribution in [0.25, 0.3) is 0 Å². The minimum atomic E-state index is -1.01. The first kappa shape index (κ1) is 23.4. The number of benzene rings is 2. The van der Waals surface area contributed by atoms with E-state index < -0.39 is 6.17 Å². The van der Waals surface area contributed by atoms with Crippen LogP contribution < -0.4 is 10.6 Å². The molecule has 0 aromatic heterocycles. The molecule has 0 radical (unpaired) electrons. The molecular weight excluding hydrogens is 417 g/mol. The fourth-order valence-electron chi connectivity index (χ4n) is 4.90. The molecule has 2 aliphatic heterocycles. The summed E-state index contributed by atoms with van der Waals surface area (Å²) in [7, 11) is 0. The zero-order valence-electron chi connectivity index (χ0n) is 19.5. The second kappa shape index (κ2) is 10.5. The third-order valence-corrected chi connectivity index (χ3v) is 6.89. The molecule has 2 aromatic carbocycles. The van der Waals surface area contributed by atoms with Crippen LogP contribution in [0.2, 0.25) is 0 Å². The molecule has 2 N–H and O–H groups in total. The molecule has 2 heterocycles. The van der Waals surface area contributed by atoms with Crippen LogP contribution in [0, 0.1) is 5.92 Å². The van der Waals surface area contributed by atoms with E-state index in [1.807, 2.05) is 18.2 Å². The summed E-state index contributed by atoms with van der Waals surface area (Å²) >= 11 is 0. The molecule has 4 atom stereocenters. The van der Waals surface area contributed by atoms with Crippen LogP contribution in [0.15, 0.2) is 54.6 Å². The molecule has 2 unspecified atom stereocenters. The van der Waals surface area contributed by atoms with Crippen molar-refractivity contribution in [3.8, 4) is 0 Å². The Morgan fingerprint density at radius 3 is 2.39 bits per heavy atom. The van der Waals surface area contributed by atoms with Gasteiger partial charge in [-0.2, -0.15) is 0 Å². The molecule has 2 aromatic rings. The van der Waals surface area contributed by atoms with Gasteiger partial charge in [0.2, 0.25) is 11.8 Å². The predicted octanol–water partition coefficient (Wildman–Crippen LogP) is 3.95. The Hall–Kier alpha value is -2.73. The number of halogens is 1. The fourth-order valence-corrected chi connectivity index (χ4v) is 4.90. The average molecular weight is 452 g/mol. The van der Waals surface area contributed by atoms with Gasteiger partial charge in [-0.3, -0.25) is 9.59 Å². The maximum Gasteiger partial charge on any atom is 0.227 e. The molecule has 2 aliphatic rings. The van der Waals surface area contributed by atoms with Crippen LogP contribution in [0.3, 0.4) is 0 Å². The number of nitrogens with one attached hydrogen (secondary N) is 2. The summed E-state index contributed by atoms with van der Waals surface area (Å²) in [5, 5.41) is 6.40. The van der Waals surface area contributed by atoms with Crippen molar-refractivity contribution in [1.82, 2.24) is 15.5 Å². The van der Waals surface area contributed by atoms with Crippen molar-refractivity contribution in [2.75, 3.05) is 19.6 Å². The minimum Gasteiger partial charge on any atom is -0.355 e. The van der Waals surface area contributed by atoms with Gasteiger partial charge >= 0.3 is 0 Å². The van der Waals surface area contributed by atoms with Crippen molar-refractivity contribution in [2.45, 2.75) is 57.3 Å². The van der Waals surface area contributed by atoms with Gasteiger partial charge in [0, 0.05) is 32.0 Å². The number of likely N-dealkylation sites (tertiary alicyclic amines) is 1. The smallest absolute Gasteiger partial charge is 0.227 e. The van der Waals surface area contributed by atoms with Crippen LogP contribution in [-0.2, 0) is 9.59 Å². The molecule has 0 bridgehead atoms. The molecule has 0 aliphatic carbocycles. The Kier molecular flexibility index (Phi) is 7.43. The standard InChI is InChI=1S/C27H34FN3O2/c1-18(2)19-8-10-21(11-9-19)26(20-6-4-3-5-7-20)30-16-24-14-23(28)17-31(24)27(33)22-12-13-25(32)29-15-22/h3-11,18,22-24,26,30H,12-17H2,1-2H3,(H,29,32)/t22?,23-,24?,26+/m1/s1. The second-order valence-electron chi connectivity index (χ2n) is 9.59. The van der Waals surface area contributed by atoms with Crippen molar-refractivity contribution < 1.29 is 14.0 Å². The van der Waals surface area contributed by atoms with Crippen molar-refractivity contribution in [3.05, 3.63) is 71.3 Å². The molecule has 0 saturated carbocycles. The van der Waals surface area contributed by atoms with Gasteiger partial charge in [-0.25, -0.2) is 4.39 Å². The van der Waals surface area contributed by atoms with Crippen molar-refractivity contribution in [3.63, 3.8) is 0 Å². The maximum absolute atomic E-state index is 14.4. The van der Waals surface area contributed by atoms with Crippen LogP contribution in [-0.4, -0.2) is 48.6 Å². The fraction of sp³-hybridized carbons (Fsp3) is 0.481. The zero-order valence-corrected chi connectivity index (χ0v) is 19.5. The Morgan fingerprint density at radius 1 is 1.09 bits per heavy atom. The summed E-state index contributed by atoms with van der Waals surface area (Å²) in [5.41, 5.74) is 3.57. The van der Waals surface area contributed by atoms with Crippen LogP contribution in [0.1, 0.15) is 61.8 Å². The SMILES string of the molecule is CC(C)c1ccc([C@@H](NCC2C[C@@H](F)CN2C(=O)C2CCC(=O)NC2)c2ccccc2)cc1. The van der Waals surface area contributed by atoms with Gasteiger partial charge in [0.1, 0.15) is 6.17 Å². The maximum atomic E-state index is 14.4. The summed E-state index contributed by atoms with van der Waals surface area (Å²) in [6.07, 6.45) is 0.215. The molecule has 5 nitrogen and oxygen atoms in total. The van der Waals surface area contributed by atoms with E-state index in [9.17, 15) is 14.0 Å². The number of carbonyl (C=O) groups is 2. The van der Waals surface area contributed by atoms with Crippen molar-refractivity contribution in [2.24, 2.45) is 5.92 Å². The Labute approximate surface area is 195 Å². The highest BCUT2D eigenvalue weighted by Crippen LogP contribution is 2.28. The Balaban J connectivity index is 1.49. The topological polar surface area (TPSA) is 61.4 Å². The number of alkyl halides is 1. The number of amides is 2. The number of carbonyl (C=O) groups excluding carboxylic acids is 2. The lowest BCUT2D eigenvalue weighted by Crippen LogP contribution is -2.49. The third kappa shape index (κ3) is 5.61. The lowest BCUT2D eigenvalue weighted by atomic mass is 9.95. The molecule has 2 saturated heterocycles. The molecule has 0 spiro atoms. The van der Waals surface area contributed by atoms with Gasteiger partial charge in [-0.15, -0.1) is 0 Å². The van der Waals surface area contributed by atoms with E-state index in [1.54, 1.807) is 4.90 Å². The zero-order chi connectivity index (χ0) is 23.4. The van der Waals surface area contributed by atoms with E-state index in [4.69, 9.17) is 0 Å². The Morgan fingerprint density at radius 2 is 1.76 bits per heavy atom. The normalized spacial score (nSPS) is 24.1. The molecular formula is C27H34FN3O2. The van der Waals surface area contributed by atoms with Crippen molar-refractivity contribution in [1.29, 1.82) is 0 Å². The van der Waals surface area contributed by atoms with E-state index in [0.717, 1.165) is 11.1 Å². The van der Waals surface area contributed by atoms with Gasteiger partial charge in [-0.1, -0.05) is 68.4 Å². The van der Waals surface area contributed by atoms with Gasteiger partial charge in [-0.05, 0) is 29.0 Å². The summed E-state index contributed by atoms with van der Waals surface area (Å²) in [4.78, 5) is 26.3. The van der Waals surface area contributed by atoms with Crippen LogP contribution in [0.5, 0.6) is 0 Å². The number of rotatable bonds is 7. The second-order valence-corrected chi connectivity index (χ2v) is 9.59. The van der Waals surface area contributed by atoms with Gasteiger partial charge < -0.3 is 15.5 Å². The number of nitrogens with zero attached hydrogens (tertiary/aromatic N) is 1. The van der Waals surface area contributed by atoms with Gasteiger partial charge in [0.25, 0.3) is 0 Å². The van der Waals surface area contributed by atoms with E-state index >= 15 is 0 Å². The first-order chi connectivity index (χ1) is 15.9. The van der Waals surface area contributed by atoms with Gasteiger partial charge in [0.05, 0.1) is 18.5 Å². The van der Waals surface area contributed by atoms with Gasteiger partial charge in [0.15, 0.2) is 0 Å².